The first-order chi connectivity index (χ1) is 16.0. The maximum Gasteiger partial charge on any atom is 0.234 e. The molecule has 0 aliphatic heterocycles. The minimum Gasteiger partial charge on any atom is -0.324 e. The highest BCUT2D eigenvalue weighted by atomic mass is 79.9. The van der Waals surface area contributed by atoms with Crippen molar-refractivity contribution in [1.82, 2.24) is 15.0 Å². The van der Waals surface area contributed by atoms with E-state index in [9.17, 15) is 9.18 Å². The number of hydrogen-bond acceptors (Lipinski definition) is 7. The molecule has 4 rings (SSSR count). The Morgan fingerprint density at radius 2 is 1.42 bits per heavy atom. The number of aromatic nitrogens is 3. The zero-order valence-corrected chi connectivity index (χ0v) is 19.5. The van der Waals surface area contributed by atoms with Crippen molar-refractivity contribution in [2.75, 3.05) is 21.7 Å². The Morgan fingerprint density at radius 1 is 0.848 bits per heavy atom. The Labute approximate surface area is 202 Å². The molecule has 3 N–H and O–H groups in total. The van der Waals surface area contributed by atoms with Crippen molar-refractivity contribution in [2.24, 2.45) is 0 Å². The molecule has 3 aromatic carbocycles. The van der Waals surface area contributed by atoms with E-state index in [-0.39, 0.29) is 17.3 Å². The number of hydrogen-bond donors (Lipinski definition) is 3. The number of benzene rings is 3. The van der Waals surface area contributed by atoms with Crippen molar-refractivity contribution in [3.63, 3.8) is 0 Å². The van der Waals surface area contributed by atoms with Gasteiger partial charge >= 0.3 is 0 Å². The second-order valence-electron chi connectivity index (χ2n) is 6.71. The van der Waals surface area contributed by atoms with Gasteiger partial charge in [-0.25, -0.2) is 4.39 Å². The van der Waals surface area contributed by atoms with Gasteiger partial charge in [0.1, 0.15) is 5.82 Å². The van der Waals surface area contributed by atoms with Gasteiger partial charge in [0, 0.05) is 15.8 Å². The van der Waals surface area contributed by atoms with Gasteiger partial charge in [0.05, 0.1) is 11.4 Å². The molecule has 7 nitrogen and oxygen atoms in total. The van der Waals surface area contributed by atoms with Crippen LogP contribution in [-0.2, 0) is 4.79 Å². The van der Waals surface area contributed by atoms with E-state index in [1.807, 2.05) is 60.7 Å². The third-order valence-corrected chi connectivity index (χ3v) is 5.55. The number of thioether (sulfide) groups is 1. The molecule has 0 radical (unpaired) electrons. The van der Waals surface area contributed by atoms with Crippen LogP contribution in [0.2, 0.25) is 0 Å². The van der Waals surface area contributed by atoms with Crippen molar-refractivity contribution in [2.45, 2.75) is 5.16 Å². The standard InChI is InChI=1S/C23H18BrFN6OS/c24-15-11-12-19(18(25)13-15)28-20(32)14-33-23-30-21(26-16-7-3-1-4-8-16)29-22(31-23)27-17-9-5-2-6-10-17/h1-13H,14H2,(H,28,32)(H2,26,27,29,30,31). The van der Waals surface area contributed by atoms with Crippen LogP contribution < -0.4 is 16.0 Å². The van der Waals surface area contributed by atoms with Gasteiger partial charge in [0.2, 0.25) is 17.8 Å². The van der Waals surface area contributed by atoms with Crippen LogP contribution in [0.4, 0.5) is 33.3 Å². The third-order valence-electron chi connectivity index (χ3n) is 4.21. The summed E-state index contributed by atoms with van der Waals surface area (Å²) < 4.78 is 14.6. The number of rotatable bonds is 8. The zero-order valence-electron chi connectivity index (χ0n) is 17.1. The average molecular weight is 525 g/mol. The molecule has 1 heterocycles. The molecule has 0 aliphatic rings. The lowest BCUT2D eigenvalue weighted by Gasteiger charge is -2.10. The topological polar surface area (TPSA) is 91.8 Å². The van der Waals surface area contributed by atoms with Gasteiger partial charge in [-0.2, -0.15) is 15.0 Å². The first kappa shape index (κ1) is 22.7. The predicted octanol–water partition coefficient (Wildman–Crippen LogP) is 5.99. The van der Waals surface area contributed by atoms with Crippen molar-refractivity contribution < 1.29 is 9.18 Å². The van der Waals surface area contributed by atoms with Gasteiger partial charge in [0.15, 0.2) is 5.16 Å². The first-order valence-corrected chi connectivity index (χ1v) is 11.6. The maximum atomic E-state index is 14.0. The fourth-order valence-electron chi connectivity index (χ4n) is 2.74. The van der Waals surface area contributed by atoms with Gasteiger partial charge in [-0.3, -0.25) is 4.79 Å². The predicted molar refractivity (Wildman–Crippen MR) is 133 cm³/mol. The van der Waals surface area contributed by atoms with Crippen molar-refractivity contribution in [1.29, 1.82) is 0 Å². The molecule has 4 aromatic rings. The summed E-state index contributed by atoms with van der Waals surface area (Å²) >= 11 is 4.31. The molecule has 0 saturated heterocycles. The fourth-order valence-corrected chi connectivity index (χ4v) is 3.71. The number of para-hydroxylation sites is 2. The first-order valence-electron chi connectivity index (χ1n) is 9.83. The quantitative estimate of drug-likeness (QED) is 0.244. The van der Waals surface area contributed by atoms with E-state index in [0.717, 1.165) is 23.1 Å². The van der Waals surface area contributed by atoms with Crippen LogP contribution in [0.5, 0.6) is 0 Å². The number of nitrogens with zero attached hydrogens (tertiary/aromatic N) is 3. The molecule has 0 bridgehead atoms. The van der Waals surface area contributed by atoms with Crippen LogP contribution >= 0.6 is 27.7 Å². The highest BCUT2D eigenvalue weighted by Crippen LogP contribution is 2.23. The smallest absolute Gasteiger partial charge is 0.234 e. The molecule has 0 spiro atoms. The summed E-state index contributed by atoms with van der Waals surface area (Å²) in [5.41, 5.74) is 1.74. The summed E-state index contributed by atoms with van der Waals surface area (Å²) in [6.07, 6.45) is 0. The zero-order chi connectivity index (χ0) is 23.0. The minimum atomic E-state index is -0.522. The van der Waals surface area contributed by atoms with Gasteiger partial charge in [-0.1, -0.05) is 64.1 Å². The molecular weight excluding hydrogens is 507 g/mol. The molecule has 0 fully saturated rings. The summed E-state index contributed by atoms with van der Waals surface area (Å²) in [6.45, 7) is 0. The largest absolute Gasteiger partial charge is 0.324 e. The van der Waals surface area contributed by atoms with Gasteiger partial charge in [-0.15, -0.1) is 0 Å². The summed E-state index contributed by atoms with van der Waals surface area (Å²) in [5, 5.41) is 9.18. The van der Waals surface area contributed by atoms with Crippen LogP contribution in [0.25, 0.3) is 0 Å². The molecule has 10 heteroatoms. The number of halogens is 2. The fraction of sp³-hybridized carbons (Fsp3) is 0.0435. The number of anilines is 5. The van der Waals surface area contributed by atoms with Gasteiger partial charge in [0.25, 0.3) is 0 Å². The lowest BCUT2D eigenvalue weighted by atomic mass is 10.3. The highest BCUT2D eigenvalue weighted by Gasteiger charge is 2.12. The van der Waals surface area contributed by atoms with Crippen molar-refractivity contribution in [3.05, 3.63) is 89.2 Å². The Morgan fingerprint density at radius 3 is 1.97 bits per heavy atom. The van der Waals surface area contributed by atoms with Crippen LogP contribution in [0.1, 0.15) is 0 Å². The second-order valence-corrected chi connectivity index (χ2v) is 8.57. The molecule has 0 saturated carbocycles. The summed E-state index contributed by atoms with van der Waals surface area (Å²) in [6, 6.07) is 23.4. The summed E-state index contributed by atoms with van der Waals surface area (Å²) in [4.78, 5) is 25.6. The van der Waals surface area contributed by atoms with E-state index in [1.165, 1.54) is 12.1 Å². The lowest BCUT2D eigenvalue weighted by Crippen LogP contribution is -2.15. The summed E-state index contributed by atoms with van der Waals surface area (Å²) in [7, 11) is 0. The third kappa shape index (κ3) is 6.74. The molecule has 0 aliphatic carbocycles. The Hall–Kier alpha value is -3.50. The van der Waals surface area contributed by atoms with E-state index < -0.39 is 5.82 Å². The average Bonchev–Trinajstić information content (AvgIpc) is 2.81. The summed E-state index contributed by atoms with van der Waals surface area (Å²) in [5.74, 6) is -0.244. The van der Waals surface area contributed by atoms with Gasteiger partial charge in [-0.05, 0) is 42.5 Å². The Kier molecular flexibility index (Phi) is 7.48. The van der Waals surface area contributed by atoms with Crippen LogP contribution in [0.3, 0.4) is 0 Å². The Balaban J connectivity index is 1.49. The van der Waals surface area contributed by atoms with Crippen molar-refractivity contribution in [3.8, 4) is 0 Å². The normalized spacial score (nSPS) is 10.5. The van der Waals surface area contributed by atoms with Crippen LogP contribution in [0, 0.1) is 5.82 Å². The van der Waals surface area contributed by atoms with Crippen LogP contribution in [-0.4, -0.2) is 26.6 Å². The number of carbonyl (C=O) groups excluding carboxylic acids is 1. The maximum absolute atomic E-state index is 14.0. The molecule has 1 aromatic heterocycles. The lowest BCUT2D eigenvalue weighted by molar-refractivity contribution is -0.113. The number of amides is 1. The van der Waals surface area contributed by atoms with E-state index in [1.54, 1.807) is 6.07 Å². The minimum absolute atomic E-state index is 0.00489. The molecular formula is C23H18BrFN6OS. The van der Waals surface area contributed by atoms with Gasteiger partial charge < -0.3 is 16.0 Å². The molecule has 166 valence electrons. The van der Waals surface area contributed by atoms with Crippen molar-refractivity contribution >= 4 is 62.6 Å². The second kappa shape index (κ2) is 10.9. The monoisotopic (exact) mass is 524 g/mol. The molecule has 1 amide bonds. The Bertz CT molecular complexity index is 1190. The SMILES string of the molecule is O=C(CSc1nc(Nc2ccccc2)nc(Nc2ccccc2)n1)Nc1ccc(Br)cc1F. The molecule has 0 unspecified atom stereocenters. The van der Waals surface area contributed by atoms with E-state index in [4.69, 9.17) is 0 Å². The molecule has 0 atom stereocenters. The number of nitrogens with one attached hydrogen (secondary N) is 3. The van der Waals surface area contributed by atoms with E-state index >= 15 is 0 Å². The highest BCUT2D eigenvalue weighted by molar-refractivity contribution is 9.10. The number of carbonyl (C=O) groups is 1. The van der Waals surface area contributed by atoms with Crippen LogP contribution in [0.15, 0.2) is 88.5 Å². The molecule has 33 heavy (non-hydrogen) atoms. The van der Waals surface area contributed by atoms with E-state index in [2.05, 4.69) is 46.8 Å². The van der Waals surface area contributed by atoms with E-state index in [0.29, 0.717) is 21.5 Å².